The van der Waals surface area contributed by atoms with Gasteiger partial charge in [-0.25, -0.2) is 0 Å². The van der Waals surface area contributed by atoms with Crippen LogP contribution in [0.5, 0.6) is 5.75 Å². The first kappa shape index (κ1) is 20.9. The van der Waals surface area contributed by atoms with Gasteiger partial charge >= 0.3 is 0 Å². The predicted octanol–water partition coefficient (Wildman–Crippen LogP) is 2.82. The second-order valence-electron chi connectivity index (χ2n) is 6.30. The van der Waals surface area contributed by atoms with Gasteiger partial charge in [0.05, 0.1) is 11.0 Å². The van der Waals surface area contributed by atoms with Crippen LogP contribution in [0.4, 0.5) is 5.69 Å². The molecule has 148 valence electrons. The van der Waals surface area contributed by atoms with Crippen LogP contribution < -0.4 is 15.4 Å². The van der Waals surface area contributed by atoms with Crippen molar-refractivity contribution in [1.29, 1.82) is 0 Å². The lowest BCUT2D eigenvalue weighted by Crippen LogP contribution is -2.32. The molecule has 1 atom stereocenters. The number of ether oxygens (including phenoxy) is 1. The van der Waals surface area contributed by atoms with E-state index in [4.69, 9.17) is 4.74 Å². The third-order valence-electron chi connectivity index (χ3n) is 4.07. The molecule has 0 bridgehead atoms. The number of carbonyl (C=O) groups is 2. The fourth-order valence-corrected chi connectivity index (χ4v) is 2.32. The van der Waals surface area contributed by atoms with Crippen molar-refractivity contribution in [3.8, 4) is 5.75 Å². The number of benzene rings is 2. The van der Waals surface area contributed by atoms with Crippen LogP contribution >= 0.6 is 0 Å². The molecule has 2 rings (SSSR count). The number of nitrogens with one attached hydrogen (secondary N) is 2. The van der Waals surface area contributed by atoms with Crippen molar-refractivity contribution in [1.82, 2.24) is 10.6 Å². The van der Waals surface area contributed by atoms with Gasteiger partial charge in [-0.05, 0) is 37.1 Å². The maximum absolute atomic E-state index is 12.2. The summed E-state index contributed by atoms with van der Waals surface area (Å²) >= 11 is 0. The number of rotatable bonds is 9. The summed E-state index contributed by atoms with van der Waals surface area (Å²) in [5.74, 6) is -0.287. The number of nitro benzene ring substituents is 1. The lowest BCUT2D eigenvalue weighted by molar-refractivity contribution is -0.384. The molecule has 0 radical (unpaired) electrons. The van der Waals surface area contributed by atoms with Crippen LogP contribution in [0.1, 0.15) is 36.2 Å². The van der Waals surface area contributed by atoms with E-state index in [0.717, 1.165) is 12.0 Å². The average Bonchev–Trinajstić information content (AvgIpc) is 2.71. The lowest BCUT2D eigenvalue weighted by atomic mass is 10.1. The number of nitrogens with zero attached hydrogens (tertiary/aromatic N) is 1. The summed E-state index contributed by atoms with van der Waals surface area (Å²) in [6.45, 7) is 3.90. The van der Waals surface area contributed by atoms with Crippen LogP contribution in [0.15, 0.2) is 48.5 Å². The quantitative estimate of drug-likeness (QED) is 0.509. The van der Waals surface area contributed by atoms with E-state index < -0.39 is 4.92 Å². The zero-order valence-electron chi connectivity index (χ0n) is 15.8. The highest BCUT2D eigenvalue weighted by molar-refractivity contribution is 5.94. The highest BCUT2D eigenvalue weighted by Gasteiger charge is 2.10. The molecule has 0 saturated heterocycles. The van der Waals surface area contributed by atoms with E-state index in [1.54, 1.807) is 24.3 Å². The first-order valence-electron chi connectivity index (χ1n) is 8.92. The van der Waals surface area contributed by atoms with Gasteiger partial charge < -0.3 is 15.4 Å². The topological polar surface area (TPSA) is 111 Å². The monoisotopic (exact) mass is 385 g/mol. The van der Waals surface area contributed by atoms with Crippen LogP contribution in [-0.2, 0) is 11.3 Å². The first-order chi connectivity index (χ1) is 13.4. The number of non-ortho nitro benzene ring substituents is 1. The maximum atomic E-state index is 12.2. The first-order valence-corrected chi connectivity index (χ1v) is 8.92. The second-order valence-corrected chi connectivity index (χ2v) is 6.30. The number of amides is 2. The fourth-order valence-electron chi connectivity index (χ4n) is 2.32. The van der Waals surface area contributed by atoms with Crippen molar-refractivity contribution in [2.24, 2.45) is 0 Å². The van der Waals surface area contributed by atoms with Crippen molar-refractivity contribution in [3.63, 3.8) is 0 Å². The average molecular weight is 385 g/mol. The molecular weight excluding hydrogens is 362 g/mol. The molecule has 0 aliphatic rings. The zero-order chi connectivity index (χ0) is 20.5. The maximum Gasteiger partial charge on any atom is 0.273 e. The van der Waals surface area contributed by atoms with Crippen LogP contribution in [-0.4, -0.2) is 29.4 Å². The number of hydrogen-bond acceptors (Lipinski definition) is 5. The molecule has 0 aromatic heterocycles. The van der Waals surface area contributed by atoms with Gasteiger partial charge in [0.15, 0.2) is 6.61 Å². The Morgan fingerprint density at radius 2 is 1.93 bits per heavy atom. The molecule has 2 aromatic rings. The molecule has 0 heterocycles. The largest absolute Gasteiger partial charge is 0.484 e. The molecule has 8 heteroatoms. The molecule has 2 N–H and O–H groups in total. The lowest BCUT2D eigenvalue weighted by Gasteiger charge is -2.12. The third-order valence-corrected chi connectivity index (χ3v) is 4.07. The molecule has 0 saturated carbocycles. The standard InChI is InChI=1S/C20H23N3O5/c1-3-14(2)22-20(25)16-7-4-6-15(10-16)12-21-19(24)13-28-18-9-5-8-17(11-18)23(26)27/h4-11,14H,3,12-13H2,1-2H3,(H,21,24)(H,22,25). The van der Waals surface area contributed by atoms with Crippen molar-refractivity contribution >= 4 is 17.5 Å². The molecule has 2 aromatic carbocycles. The Labute approximate surface area is 163 Å². The SMILES string of the molecule is CCC(C)NC(=O)c1cccc(CNC(=O)COc2cccc([N+](=O)[O-])c2)c1. The van der Waals surface area contributed by atoms with Crippen LogP contribution in [0.2, 0.25) is 0 Å². The molecule has 0 aliphatic heterocycles. The minimum absolute atomic E-state index is 0.0850. The summed E-state index contributed by atoms with van der Waals surface area (Å²) < 4.78 is 5.28. The smallest absolute Gasteiger partial charge is 0.273 e. The van der Waals surface area contributed by atoms with E-state index >= 15 is 0 Å². The molecule has 28 heavy (non-hydrogen) atoms. The Balaban J connectivity index is 1.86. The van der Waals surface area contributed by atoms with Gasteiger partial charge in [0.2, 0.25) is 0 Å². The number of hydrogen-bond donors (Lipinski definition) is 2. The highest BCUT2D eigenvalue weighted by Crippen LogP contribution is 2.18. The molecule has 1 unspecified atom stereocenters. The molecule has 0 aliphatic carbocycles. The number of nitro groups is 1. The second kappa shape index (κ2) is 10.1. The van der Waals surface area contributed by atoms with Gasteiger partial charge in [-0.3, -0.25) is 19.7 Å². The Hall–Kier alpha value is -3.42. The molecule has 2 amide bonds. The highest BCUT2D eigenvalue weighted by atomic mass is 16.6. The summed E-state index contributed by atoms with van der Waals surface area (Å²) in [6.07, 6.45) is 0.839. The van der Waals surface area contributed by atoms with Crippen LogP contribution in [0.25, 0.3) is 0 Å². The van der Waals surface area contributed by atoms with Gasteiger partial charge in [0.25, 0.3) is 17.5 Å². The summed E-state index contributed by atoms with van der Waals surface area (Å²) in [5.41, 5.74) is 1.20. The Kier molecular flexibility index (Phi) is 7.50. The van der Waals surface area contributed by atoms with E-state index in [0.29, 0.717) is 5.56 Å². The third kappa shape index (κ3) is 6.39. The van der Waals surface area contributed by atoms with Crippen molar-refractivity contribution in [2.45, 2.75) is 32.9 Å². The Morgan fingerprint density at radius 3 is 2.64 bits per heavy atom. The zero-order valence-corrected chi connectivity index (χ0v) is 15.8. The normalized spacial score (nSPS) is 11.4. The summed E-state index contributed by atoms with van der Waals surface area (Å²) in [7, 11) is 0. The van der Waals surface area contributed by atoms with Gasteiger partial charge in [-0.1, -0.05) is 25.1 Å². The minimum Gasteiger partial charge on any atom is -0.484 e. The van der Waals surface area contributed by atoms with Gasteiger partial charge in [-0.2, -0.15) is 0 Å². The van der Waals surface area contributed by atoms with Gasteiger partial charge in [0, 0.05) is 24.2 Å². The molecule has 0 spiro atoms. The Bertz CT molecular complexity index is 853. The molecule has 8 nitrogen and oxygen atoms in total. The number of carbonyl (C=O) groups excluding carboxylic acids is 2. The Morgan fingerprint density at radius 1 is 1.18 bits per heavy atom. The van der Waals surface area contributed by atoms with E-state index in [2.05, 4.69) is 10.6 Å². The van der Waals surface area contributed by atoms with Crippen molar-refractivity contribution in [2.75, 3.05) is 6.61 Å². The molecular formula is C20H23N3O5. The minimum atomic E-state index is -0.530. The van der Waals surface area contributed by atoms with Crippen molar-refractivity contribution < 1.29 is 19.2 Å². The van der Waals surface area contributed by atoms with E-state index in [1.807, 2.05) is 19.9 Å². The fraction of sp³-hybridized carbons (Fsp3) is 0.300. The van der Waals surface area contributed by atoms with Crippen molar-refractivity contribution in [3.05, 3.63) is 69.8 Å². The van der Waals surface area contributed by atoms with Gasteiger partial charge in [0.1, 0.15) is 5.75 Å². The van der Waals surface area contributed by atoms with Crippen LogP contribution in [0, 0.1) is 10.1 Å². The summed E-state index contributed by atoms with van der Waals surface area (Å²) in [5, 5.41) is 16.3. The molecule has 0 fully saturated rings. The van der Waals surface area contributed by atoms with E-state index in [1.165, 1.54) is 18.2 Å². The van der Waals surface area contributed by atoms with Gasteiger partial charge in [-0.15, -0.1) is 0 Å². The summed E-state index contributed by atoms with van der Waals surface area (Å²) in [6, 6.07) is 12.7. The van der Waals surface area contributed by atoms with E-state index in [-0.39, 0.29) is 42.4 Å². The predicted molar refractivity (Wildman–Crippen MR) is 104 cm³/mol. The van der Waals surface area contributed by atoms with E-state index in [9.17, 15) is 19.7 Å². The van der Waals surface area contributed by atoms with Crippen LogP contribution in [0.3, 0.4) is 0 Å². The summed E-state index contributed by atoms with van der Waals surface area (Å²) in [4.78, 5) is 34.3.